The Morgan fingerprint density at radius 2 is 1.66 bits per heavy atom. The Labute approximate surface area is 252 Å². The molecule has 2 amide bonds. The zero-order valence-corrected chi connectivity index (χ0v) is 25.8. The van der Waals surface area contributed by atoms with E-state index in [1.807, 2.05) is 19.9 Å². The first kappa shape index (κ1) is 30.9. The summed E-state index contributed by atoms with van der Waals surface area (Å²) in [7, 11) is -4.17. The lowest BCUT2D eigenvalue weighted by molar-refractivity contribution is -0.139. The zero-order valence-electron chi connectivity index (χ0n) is 23.4. The first-order chi connectivity index (χ1) is 19.5. The SMILES string of the molecule is Cc1ccc(S(=O)(=O)N(CC(=O)N(Cc2cccc(Cl)c2)[C@@H](C)C(=O)NC2CCCC2)c2ccc(C)c(Cl)c2)cc1. The largest absolute Gasteiger partial charge is 0.352 e. The van der Waals surface area contributed by atoms with E-state index in [0.29, 0.717) is 10.0 Å². The van der Waals surface area contributed by atoms with Crippen molar-refractivity contribution in [3.05, 3.63) is 93.5 Å². The van der Waals surface area contributed by atoms with Gasteiger partial charge >= 0.3 is 0 Å². The molecule has 0 aromatic heterocycles. The number of sulfonamides is 1. The monoisotopic (exact) mass is 615 g/mol. The summed E-state index contributed by atoms with van der Waals surface area (Å²) in [6.45, 7) is 4.88. The van der Waals surface area contributed by atoms with Crippen molar-refractivity contribution in [1.29, 1.82) is 0 Å². The van der Waals surface area contributed by atoms with E-state index in [0.717, 1.165) is 46.7 Å². The van der Waals surface area contributed by atoms with Gasteiger partial charge in [0.05, 0.1) is 10.6 Å². The van der Waals surface area contributed by atoms with Gasteiger partial charge in [-0.3, -0.25) is 13.9 Å². The Morgan fingerprint density at radius 1 is 0.976 bits per heavy atom. The van der Waals surface area contributed by atoms with Crippen LogP contribution in [0.15, 0.2) is 71.6 Å². The van der Waals surface area contributed by atoms with Crippen LogP contribution < -0.4 is 9.62 Å². The molecule has 7 nitrogen and oxygen atoms in total. The van der Waals surface area contributed by atoms with Crippen LogP contribution in [0.2, 0.25) is 10.0 Å². The van der Waals surface area contributed by atoms with E-state index in [2.05, 4.69) is 5.32 Å². The number of hydrogen-bond donors (Lipinski definition) is 1. The highest BCUT2D eigenvalue weighted by Gasteiger charge is 2.33. The van der Waals surface area contributed by atoms with Crippen molar-refractivity contribution in [2.24, 2.45) is 0 Å². The predicted octanol–water partition coefficient (Wildman–Crippen LogP) is 6.28. The van der Waals surface area contributed by atoms with Gasteiger partial charge in [-0.05, 0) is 81.1 Å². The molecule has 1 saturated carbocycles. The Bertz CT molecular complexity index is 1510. The van der Waals surface area contributed by atoms with E-state index in [-0.39, 0.29) is 29.1 Å². The lowest BCUT2D eigenvalue weighted by Crippen LogP contribution is -2.52. The van der Waals surface area contributed by atoms with Gasteiger partial charge in [0.25, 0.3) is 10.0 Å². The molecule has 1 atom stereocenters. The van der Waals surface area contributed by atoms with Crippen LogP contribution in [0.4, 0.5) is 5.69 Å². The second-order valence-electron chi connectivity index (χ2n) is 10.6. The van der Waals surface area contributed by atoms with Crippen LogP contribution in [0, 0.1) is 13.8 Å². The minimum atomic E-state index is -4.17. The third kappa shape index (κ3) is 7.61. The van der Waals surface area contributed by atoms with E-state index in [1.54, 1.807) is 49.4 Å². The highest BCUT2D eigenvalue weighted by molar-refractivity contribution is 7.92. The van der Waals surface area contributed by atoms with E-state index < -0.39 is 28.5 Å². The first-order valence-electron chi connectivity index (χ1n) is 13.7. The molecule has 3 aromatic rings. The summed E-state index contributed by atoms with van der Waals surface area (Å²) in [4.78, 5) is 28.8. The summed E-state index contributed by atoms with van der Waals surface area (Å²) in [5, 5.41) is 3.93. The third-order valence-electron chi connectivity index (χ3n) is 7.44. The van der Waals surface area contributed by atoms with Crippen molar-refractivity contribution < 1.29 is 18.0 Å². The maximum atomic E-state index is 14.1. The molecule has 0 spiro atoms. The second-order valence-corrected chi connectivity index (χ2v) is 13.3. The second kappa shape index (κ2) is 13.3. The summed E-state index contributed by atoms with van der Waals surface area (Å²) in [6.07, 6.45) is 3.90. The van der Waals surface area contributed by atoms with Crippen LogP contribution in [0.25, 0.3) is 0 Å². The number of rotatable bonds is 10. The molecule has 0 unspecified atom stereocenters. The summed E-state index contributed by atoms with van der Waals surface area (Å²) >= 11 is 12.6. The molecule has 1 aliphatic carbocycles. The molecule has 3 aromatic carbocycles. The van der Waals surface area contributed by atoms with Crippen LogP contribution in [-0.4, -0.2) is 43.8 Å². The Morgan fingerprint density at radius 3 is 2.29 bits per heavy atom. The molecule has 1 aliphatic rings. The van der Waals surface area contributed by atoms with Gasteiger partial charge in [0.1, 0.15) is 12.6 Å². The van der Waals surface area contributed by atoms with Crippen LogP contribution in [0.1, 0.15) is 49.3 Å². The molecular weight excluding hydrogens is 581 g/mol. The number of anilines is 1. The standard InChI is InChI=1S/C31H35Cl2N3O4S/c1-21-11-15-28(16-12-21)41(39,40)36(27-14-13-22(2)29(33)18-27)20-30(37)35(19-24-7-6-8-25(32)17-24)23(3)31(38)34-26-9-4-5-10-26/h6-8,11-18,23,26H,4-5,9-10,19-20H2,1-3H3,(H,34,38)/t23-/m0/s1. The van der Waals surface area contributed by atoms with Crippen LogP contribution in [-0.2, 0) is 26.2 Å². The molecule has 1 fully saturated rings. The summed E-state index contributed by atoms with van der Waals surface area (Å²) in [6, 6.07) is 17.6. The van der Waals surface area contributed by atoms with Gasteiger partial charge in [-0.25, -0.2) is 8.42 Å². The molecule has 0 heterocycles. The molecule has 0 aliphatic heterocycles. The number of halogens is 2. The predicted molar refractivity (Wildman–Crippen MR) is 164 cm³/mol. The summed E-state index contributed by atoms with van der Waals surface area (Å²) in [5.41, 5.74) is 2.65. The lowest BCUT2D eigenvalue weighted by Gasteiger charge is -2.32. The molecule has 1 N–H and O–H groups in total. The van der Waals surface area contributed by atoms with Crippen molar-refractivity contribution in [1.82, 2.24) is 10.2 Å². The van der Waals surface area contributed by atoms with Crippen LogP contribution in [0.5, 0.6) is 0 Å². The van der Waals surface area contributed by atoms with Crippen molar-refractivity contribution in [2.45, 2.75) is 70.0 Å². The Kier molecular flexibility index (Phi) is 10.00. The lowest BCUT2D eigenvalue weighted by atomic mass is 10.1. The number of benzene rings is 3. The van der Waals surface area contributed by atoms with Gasteiger partial charge in [0, 0.05) is 22.6 Å². The zero-order chi connectivity index (χ0) is 29.7. The molecule has 0 bridgehead atoms. The van der Waals surface area contributed by atoms with Crippen LogP contribution in [0.3, 0.4) is 0 Å². The molecular formula is C31H35Cl2N3O4S. The maximum absolute atomic E-state index is 14.1. The van der Waals surface area contributed by atoms with Crippen molar-refractivity contribution in [3.8, 4) is 0 Å². The summed E-state index contributed by atoms with van der Waals surface area (Å²) < 4.78 is 29.0. The summed E-state index contributed by atoms with van der Waals surface area (Å²) in [5.74, 6) is -0.815. The fraction of sp³-hybridized carbons (Fsp3) is 0.355. The average molecular weight is 617 g/mol. The van der Waals surface area contributed by atoms with Gasteiger partial charge in [0.15, 0.2) is 0 Å². The Hall–Kier alpha value is -3.07. The van der Waals surface area contributed by atoms with Gasteiger partial charge in [-0.1, -0.05) is 71.9 Å². The van der Waals surface area contributed by atoms with E-state index in [1.165, 1.54) is 23.1 Å². The van der Waals surface area contributed by atoms with Crippen molar-refractivity contribution in [3.63, 3.8) is 0 Å². The smallest absolute Gasteiger partial charge is 0.264 e. The molecule has 10 heteroatoms. The van der Waals surface area contributed by atoms with Gasteiger partial charge < -0.3 is 10.2 Å². The van der Waals surface area contributed by atoms with Crippen molar-refractivity contribution >= 4 is 50.7 Å². The number of nitrogens with zero attached hydrogens (tertiary/aromatic N) is 2. The average Bonchev–Trinajstić information content (AvgIpc) is 3.44. The highest BCUT2D eigenvalue weighted by Crippen LogP contribution is 2.29. The molecule has 4 rings (SSSR count). The minimum absolute atomic E-state index is 0.0426. The van der Waals surface area contributed by atoms with Crippen LogP contribution >= 0.6 is 23.2 Å². The quantitative estimate of drug-likeness (QED) is 0.291. The van der Waals surface area contributed by atoms with Gasteiger partial charge in [0.2, 0.25) is 11.8 Å². The fourth-order valence-corrected chi connectivity index (χ4v) is 6.70. The third-order valence-corrected chi connectivity index (χ3v) is 9.87. The van der Waals surface area contributed by atoms with E-state index in [9.17, 15) is 18.0 Å². The van der Waals surface area contributed by atoms with E-state index in [4.69, 9.17) is 23.2 Å². The number of amides is 2. The topological polar surface area (TPSA) is 86.8 Å². The maximum Gasteiger partial charge on any atom is 0.264 e. The number of hydrogen-bond acceptors (Lipinski definition) is 4. The number of carbonyl (C=O) groups excluding carboxylic acids is 2. The highest BCUT2D eigenvalue weighted by atomic mass is 35.5. The normalized spacial score (nSPS) is 14.5. The number of aryl methyl sites for hydroxylation is 2. The fourth-order valence-electron chi connectivity index (χ4n) is 4.91. The van der Waals surface area contributed by atoms with Crippen molar-refractivity contribution in [2.75, 3.05) is 10.8 Å². The molecule has 0 radical (unpaired) electrons. The van der Waals surface area contributed by atoms with Gasteiger partial charge in [-0.15, -0.1) is 0 Å². The van der Waals surface area contributed by atoms with Gasteiger partial charge in [-0.2, -0.15) is 0 Å². The molecule has 0 saturated heterocycles. The van der Waals surface area contributed by atoms with E-state index >= 15 is 0 Å². The number of nitrogens with one attached hydrogen (secondary N) is 1. The minimum Gasteiger partial charge on any atom is -0.352 e. The number of carbonyl (C=O) groups is 2. The first-order valence-corrected chi connectivity index (χ1v) is 15.8. The molecule has 218 valence electrons. The molecule has 41 heavy (non-hydrogen) atoms. The Balaban J connectivity index is 1.70.